The standard InChI is InChI=1S/C28H28N2O2/c1-20-11-8-9-14-24(20)19-32-29-21(2)27-18-28(23-12-6-5-7-13-23)30(22(27)3)25-15-10-16-26(17-25)31-4/h5-18H,19H2,1-4H3/b29-21+. The number of hydrogen-bond donors (Lipinski definition) is 0. The smallest absolute Gasteiger partial charge is 0.142 e. The zero-order valence-electron chi connectivity index (χ0n) is 19.0. The molecule has 4 nitrogen and oxygen atoms in total. The molecule has 0 aliphatic rings. The highest BCUT2D eigenvalue weighted by Gasteiger charge is 2.17. The second kappa shape index (κ2) is 9.56. The predicted octanol–water partition coefficient (Wildman–Crippen LogP) is 6.71. The lowest BCUT2D eigenvalue weighted by Gasteiger charge is -2.13. The SMILES string of the molecule is COc1cccc(-n2c(-c3ccccc3)cc(/C(C)=N/OCc3ccccc3C)c2C)c1. The number of rotatable bonds is 7. The van der Waals surface area contributed by atoms with Crippen LogP contribution in [0.5, 0.6) is 5.75 Å². The fourth-order valence-corrected chi connectivity index (χ4v) is 3.90. The van der Waals surface area contributed by atoms with Crippen LogP contribution in [-0.4, -0.2) is 17.4 Å². The summed E-state index contributed by atoms with van der Waals surface area (Å²) in [5.74, 6) is 0.822. The van der Waals surface area contributed by atoms with E-state index in [9.17, 15) is 0 Å². The lowest BCUT2D eigenvalue weighted by Crippen LogP contribution is -2.03. The largest absolute Gasteiger partial charge is 0.497 e. The van der Waals surface area contributed by atoms with E-state index in [-0.39, 0.29) is 0 Å². The molecular weight excluding hydrogens is 396 g/mol. The summed E-state index contributed by atoms with van der Waals surface area (Å²) in [5, 5.41) is 4.45. The molecule has 0 spiro atoms. The van der Waals surface area contributed by atoms with Gasteiger partial charge in [-0.1, -0.05) is 65.8 Å². The Kier molecular flexibility index (Phi) is 6.41. The summed E-state index contributed by atoms with van der Waals surface area (Å²) in [7, 11) is 1.69. The molecule has 1 heterocycles. The summed E-state index contributed by atoms with van der Waals surface area (Å²) < 4.78 is 7.71. The minimum absolute atomic E-state index is 0.450. The highest BCUT2D eigenvalue weighted by Crippen LogP contribution is 2.31. The van der Waals surface area contributed by atoms with E-state index in [0.717, 1.165) is 45.2 Å². The van der Waals surface area contributed by atoms with Gasteiger partial charge >= 0.3 is 0 Å². The predicted molar refractivity (Wildman–Crippen MR) is 131 cm³/mol. The normalized spacial score (nSPS) is 11.4. The molecule has 0 unspecified atom stereocenters. The monoisotopic (exact) mass is 424 g/mol. The van der Waals surface area contributed by atoms with Crippen molar-refractivity contribution in [1.29, 1.82) is 0 Å². The first-order chi connectivity index (χ1) is 15.6. The summed E-state index contributed by atoms with van der Waals surface area (Å²) in [6.45, 7) is 6.64. The number of hydrogen-bond acceptors (Lipinski definition) is 3. The average Bonchev–Trinajstić information content (AvgIpc) is 3.18. The van der Waals surface area contributed by atoms with Crippen LogP contribution in [0.2, 0.25) is 0 Å². The van der Waals surface area contributed by atoms with Gasteiger partial charge in [-0.25, -0.2) is 0 Å². The maximum Gasteiger partial charge on any atom is 0.142 e. The molecule has 0 atom stereocenters. The van der Waals surface area contributed by atoms with Gasteiger partial charge in [-0.2, -0.15) is 0 Å². The van der Waals surface area contributed by atoms with Gasteiger partial charge < -0.3 is 14.1 Å². The lowest BCUT2D eigenvalue weighted by atomic mass is 10.1. The van der Waals surface area contributed by atoms with Gasteiger partial charge in [-0.05, 0) is 55.7 Å². The first-order valence-corrected chi connectivity index (χ1v) is 10.7. The number of methoxy groups -OCH3 is 1. The maximum atomic E-state index is 5.73. The van der Waals surface area contributed by atoms with Crippen molar-refractivity contribution >= 4 is 5.71 Å². The minimum Gasteiger partial charge on any atom is -0.497 e. The van der Waals surface area contributed by atoms with Crippen LogP contribution in [0.15, 0.2) is 90.1 Å². The van der Waals surface area contributed by atoms with Gasteiger partial charge in [-0.15, -0.1) is 0 Å². The lowest BCUT2D eigenvalue weighted by molar-refractivity contribution is 0.130. The first kappa shape index (κ1) is 21.4. The molecule has 32 heavy (non-hydrogen) atoms. The first-order valence-electron chi connectivity index (χ1n) is 10.7. The molecule has 0 aliphatic heterocycles. The van der Waals surface area contributed by atoms with Crippen LogP contribution < -0.4 is 4.74 Å². The quantitative estimate of drug-likeness (QED) is 0.244. The van der Waals surface area contributed by atoms with E-state index < -0.39 is 0 Å². The third-order valence-corrected chi connectivity index (χ3v) is 5.70. The molecule has 0 amide bonds. The molecule has 0 fully saturated rings. The van der Waals surface area contributed by atoms with Crippen molar-refractivity contribution in [3.63, 3.8) is 0 Å². The van der Waals surface area contributed by atoms with Crippen LogP contribution in [0.4, 0.5) is 0 Å². The van der Waals surface area contributed by atoms with Crippen LogP contribution in [-0.2, 0) is 11.4 Å². The van der Waals surface area contributed by atoms with Crippen molar-refractivity contribution in [2.24, 2.45) is 5.16 Å². The van der Waals surface area contributed by atoms with Crippen molar-refractivity contribution in [2.75, 3.05) is 7.11 Å². The number of oxime groups is 1. The maximum absolute atomic E-state index is 5.73. The summed E-state index contributed by atoms with van der Waals surface area (Å²) in [6, 6.07) is 28.9. The van der Waals surface area contributed by atoms with Gasteiger partial charge in [0.2, 0.25) is 0 Å². The Morgan fingerprint density at radius 1 is 0.875 bits per heavy atom. The fraction of sp³-hybridized carbons (Fsp3) is 0.179. The van der Waals surface area contributed by atoms with E-state index in [0.29, 0.717) is 6.61 Å². The second-order valence-electron chi connectivity index (χ2n) is 7.81. The molecule has 0 aliphatic carbocycles. The molecule has 162 valence electrons. The Morgan fingerprint density at radius 2 is 1.62 bits per heavy atom. The van der Waals surface area contributed by atoms with Gasteiger partial charge in [0.25, 0.3) is 0 Å². The highest BCUT2D eigenvalue weighted by atomic mass is 16.6. The van der Waals surface area contributed by atoms with Crippen molar-refractivity contribution in [1.82, 2.24) is 4.57 Å². The third kappa shape index (κ3) is 4.45. The van der Waals surface area contributed by atoms with Gasteiger partial charge in [0, 0.05) is 23.0 Å². The van der Waals surface area contributed by atoms with Gasteiger partial charge in [0.1, 0.15) is 12.4 Å². The van der Waals surface area contributed by atoms with Gasteiger partial charge in [-0.3, -0.25) is 0 Å². The second-order valence-corrected chi connectivity index (χ2v) is 7.81. The van der Waals surface area contributed by atoms with E-state index in [1.54, 1.807) is 7.11 Å². The molecule has 0 saturated carbocycles. The number of aryl methyl sites for hydroxylation is 1. The Labute approximate surface area is 189 Å². The molecule has 4 aromatic rings. The molecule has 0 radical (unpaired) electrons. The van der Waals surface area contributed by atoms with Gasteiger partial charge in [0.05, 0.1) is 18.5 Å². The van der Waals surface area contributed by atoms with Crippen LogP contribution in [0.25, 0.3) is 16.9 Å². The zero-order chi connectivity index (χ0) is 22.5. The Hall–Kier alpha value is -3.79. The Balaban J connectivity index is 1.73. The van der Waals surface area contributed by atoms with E-state index in [2.05, 4.69) is 72.1 Å². The molecular formula is C28H28N2O2. The van der Waals surface area contributed by atoms with Crippen molar-refractivity contribution in [3.05, 3.63) is 107 Å². The van der Waals surface area contributed by atoms with Crippen LogP contribution in [0.3, 0.4) is 0 Å². The highest BCUT2D eigenvalue weighted by molar-refractivity contribution is 6.01. The van der Waals surface area contributed by atoms with E-state index >= 15 is 0 Å². The average molecular weight is 425 g/mol. The van der Waals surface area contributed by atoms with Crippen molar-refractivity contribution < 1.29 is 9.57 Å². The van der Waals surface area contributed by atoms with Crippen molar-refractivity contribution in [2.45, 2.75) is 27.4 Å². The Bertz CT molecular complexity index is 1240. The van der Waals surface area contributed by atoms with E-state index in [1.165, 1.54) is 5.56 Å². The molecule has 4 heteroatoms. The van der Waals surface area contributed by atoms with Crippen molar-refractivity contribution in [3.8, 4) is 22.7 Å². The molecule has 0 N–H and O–H groups in total. The molecule has 0 bridgehead atoms. The molecule has 1 aromatic heterocycles. The summed E-state index contributed by atoms with van der Waals surface area (Å²) in [5.41, 5.74) is 8.61. The third-order valence-electron chi connectivity index (χ3n) is 5.70. The molecule has 3 aromatic carbocycles. The van der Waals surface area contributed by atoms with E-state index in [4.69, 9.17) is 9.57 Å². The fourth-order valence-electron chi connectivity index (χ4n) is 3.90. The minimum atomic E-state index is 0.450. The topological polar surface area (TPSA) is 35.8 Å². The Morgan fingerprint density at radius 3 is 2.38 bits per heavy atom. The van der Waals surface area contributed by atoms with Crippen LogP contribution in [0.1, 0.15) is 29.3 Å². The number of nitrogens with zero attached hydrogens (tertiary/aromatic N) is 2. The van der Waals surface area contributed by atoms with Crippen LogP contribution >= 0.6 is 0 Å². The molecule has 0 saturated heterocycles. The molecule has 4 rings (SSSR count). The summed E-state index contributed by atoms with van der Waals surface area (Å²) in [4.78, 5) is 5.73. The number of aromatic nitrogens is 1. The summed E-state index contributed by atoms with van der Waals surface area (Å²) in [6.07, 6.45) is 0. The number of benzene rings is 3. The summed E-state index contributed by atoms with van der Waals surface area (Å²) >= 11 is 0. The van der Waals surface area contributed by atoms with Gasteiger partial charge in [0.15, 0.2) is 0 Å². The van der Waals surface area contributed by atoms with Crippen LogP contribution in [0, 0.1) is 13.8 Å². The van der Waals surface area contributed by atoms with E-state index in [1.807, 2.05) is 43.3 Å². The zero-order valence-corrected chi connectivity index (χ0v) is 19.0. The number of ether oxygens (including phenoxy) is 1.